The zero-order valence-electron chi connectivity index (χ0n) is 9.18. The summed E-state index contributed by atoms with van der Waals surface area (Å²) in [6.07, 6.45) is 4.38. The van der Waals surface area contributed by atoms with E-state index in [0.29, 0.717) is 6.61 Å². The van der Waals surface area contributed by atoms with Crippen LogP contribution in [0.3, 0.4) is 0 Å². The van der Waals surface area contributed by atoms with Crippen molar-refractivity contribution in [2.24, 2.45) is 5.73 Å². The van der Waals surface area contributed by atoms with Gasteiger partial charge in [-0.2, -0.15) is 0 Å². The van der Waals surface area contributed by atoms with E-state index < -0.39 is 10.3 Å². The molecule has 0 fully saturated rings. The summed E-state index contributed by atoms with van der Waals surface area (Å²) in [6.45, 7) is 9.27. The highest BCUT2D eigenvalue weighted by molar-refractivity contribution is 8.29. The summed E-state index contributed by atoms with van der Waals surface area (Å²) >= 11 is 0. The Bertz CT molecular complexity index is 138. The molecule has 3 heteroatoms. The molecule has 0 saturated heterocycles. The van der Waals surface area contributed by atoms with Crippen LogP contribution >= 0.6 is 10.3 Å². The summed E-state index contributed by atoms with van der Waals surface area (Å²) in [5, 5.41) is 0. The fourth-order valence-corrected chi connectivity index (χ4v) is 1.36. The molecule has 0 aliphatic rings. The first-order valence-corrected chi connectivity index (χ1v) is 6.67. The molecule has 0 saturated carbocycles. The lowest BCUT2D eigenvalue weighted by molar-refractivity contribution is 0.325. The van der Waals surface area contributed by atoms with Gasteiger partial charge in [-0.25, -0.2) is 0 Å². The van der Waals surface area contributed by atoms with Gasteiger partial charge in [-0.05, 0) is 19.4 Å². The van der Waals surface area contributed by atoms with Crippen molar-refractivity contribution in [2.75, 3.05) is 19.1 Å². The largest absolute Gasteiger partial charge is 0.335 e. The maximum absolute atomic E-state index is 5.81. The predicted octanol–water partition coefficient (Wildman–Crippen LogP) is 2.13. The van der Waals surface area contributed by atoms with E-state index in [2.05, 4.69) is 33.3 Å². The monoisotopic (exact) mass is 193 g/mol. The highest BCUT2D eigenvalue weighted by Crippen LogP contribution is 2.53. The Balaban J connectivity index is 4.05. The van der Waals surface area contributed by atoms with Gasteiger partial charge in [0, 0.05) is 10.8 Å². The third-order valence-electron chi connectivity index (χ3n) is 2.10. The first kappa shape index (κ1) is 12.3. The molecular formula is C9H23NOS. The molecule has 0 aromatic rings. The first-order valence-electron chi connectivity index (χ1n) is 4.29. The van der Waals surface area contributed by atoms with Crippen molar-refractivity contribution < 1.29 is 4.18 Å². The Morgan fingerprint density at radius 3 is 2.00 bits per heavy atom. The number of hydrogen-bond donors (Lipinski definition) is 1. The molecular weight excluding hydrogens is 170 g/mol. The minimum Gasteiger partial charge on any atom is -0.335 e. The van der Waals surface area contributed by atoms with Gasteiger partial charge in [0.2, 0.25) is 0 Å². The lowest BCUT2D eigenvalue weighted by Gasteiger charge is -2.44. The fraction of sp³-hybridized carbons (Fsp3) is 1.00. The average Bonchev–Trinajstić information content (AvgIpc) is 1.81. The van der Waals surface area contributed by atoms with Crippen LogP contribution in [0.5, 0.6) is 0 Å². The molecule has 0 aliphatic carbocycles. The van der Waals surface area contributed by atoms with E-state index in [-0.39, 0.29) is 10.8 Å². The summed E-state index contributed by atoms with van der Waals surface area (Å²) in [7, 11) is -0.973. The van der Waals surface area contributed by atoms with E-state index in [4.69, 9.17) is 9.92 Å². The van der Waals surface area contributed by atoms with Gasteiger partial charge in [-0.15, -0.1) is 10.3 Å². The van der Waals surface area contributed by atoms with Crippen LogP contribution in [0.1, 0.15) is 27.7 Å². The molecule has 1 atom stereocenters. The van der Waals surface area contributed by atoms with Crippen molar-refractivity contribution in [1.82, 2.24) is 0 Å². The van der Waals surface area contributed by atoms with E-state index in [1.807, 2.05) is 6.92 Å². The van der Waals surface area contributed by atoms with Crippen LogP contribution in [0, 0.1) is 0 Å². The Labute approximate surface area is 78.4 Å². The SMILES string of the molecule is CC(N)COS(C)(C)C(C)(C)C. The lowest BCUT2D eigenvalue weighted by atomic mass is 10.3. The second kappa shape index (κ2) is 3.99. The third kappa shape index (κ3) is 3.78. The summed E-state index contributed by atoms with van der Waals surface area (Å²) in [5.41, 5.74) is 5.63. The minimum absolute atomic E-state index is 0.138. The number of rotatable bonds is 3. The van der Waals surface area contributed by atoms with Crippen LogP contribution in [-0.4, -0.2) is 29.9 Å². The van der Waals surface area contributed by atoms with Crippen LogP contribution < -0.4 is 5.73 Å². The molecule has 0 spiro atoms. The van der Waals surface area contributed by atoms with E-state index in [1.54, 1.807) is 0 Å². The molecule has 0 amide bonds. The van der Waals surface area contributed by atoms with Crippen LogP contribution in [-0.2, 0) is 4.18 Å². The predicted molar refractivity (Wildman–Crippen MR) is 58.8 cm³/mol. The molecule has 0 heterocycles. The van der Waals surface area contributed by atoms with Crippen LogP contribution in [0.15, 0.2) is 0 Å². The minimum atomic E-state index is -0.973. The Kier molecular flexibility index (Phi) is 4.08. The van der Waals surface area contributed by atoms with Crippen molar-refractivity contribution in [2.45, 2.75) is 38.5 Å². The number of nitrogens with two attached hydrogens (primary N) is 1. The molecule has 0 aromatic carbocycles. The highest BCUT2D eigenvalue weighted by Gasteiger charge is 2.28. The van der Waals surface area contributed by atoms with Crippen LogP contribution in [0.2, 0.25) is 0 Å². The number of hydrogen-bond acceptors (Lipinski definition) is 2. The zero-order valence-corrected chi connectivity index (χ0v) is 9.99. The average molecular weight is 193 g/mol. The van der Waals surface area contributed by atoms with Gasteiger partial charge < -0.3 is 9.92 Å². The van der Waals surface area contributed by atoms with E-state index in [9.17, 15) is 0 Å². The standard InChI is InChI=1S/C9H23NOS/c1-8(10)7-11-12(5,6)9(2,3)4/h8H,7,10H2,1-6H3. The van der Waals surface area contributed by atoms with E-state index in [0.717, 1.165) is 0 Å². The van der Waals surface area contributed by atoms with E-state index in [1.165, 1.54) is 0 Å². The summed E-state index contributed by atoms with van der Waals surface area (Å²) in [4.78, 5) is 0. The topological polar surface area (TPSA) is 35.2 Å². The molecule has 76 valence electrons. The molecule has 0 aromatic heterocycles. The van der Waals surface area contributed by atoms with Crippen LogP contribution in [0.4, 0.5) is 0 Å². The van der Waals surface area contributed by atoms with Gasteiger partial charge in [0.25, 0.3) is 0 Å². The normalized spacial score (nSPS) is 17.6. The Morgan fingerprint density at radius 2 is 1.75 bits per heavy atom. The van der Waals surface area contributed by atoms with Crippen molar-refractivity contribution in [3.8, 4) is 0 Å². The van der Waals surface area contributed by atoms with E-state index >= 15 is 0 Å². The molecule has 1 unspecified atom stereocenters. The quantitative estimate of drug-likeness (QED) is 0.745. The van der Waals surface area contributed by atoms with Gasteiger partial charge in [0.1, 0.15) is 0 Å². The van der Waals surface area contributed by atoms with Gasteiger partial charge in [-0.3, -0.25) is 0 Å². The van der Waals surface area contributed by atoms with Crippen molar-refractivity contribution in [3.05, 3.63) is 0 Å². The molecule has 2 nitrogen and oxygen atoms in total. The summed E-state index contributed by atoms with van der Waals surface area (Å²) < 4.78 is 6.05. The molecule has 0 rings (SSSR count). The highest BCUT2D eigenvalue weighted by atomic mass is 32.3. The maximum atomic E-state index is 5.81. The Morgan fingerprint density at radius 1 is 1.33 bits per heavy atom. The van der Waals surface area contributed by atoms with Gasteiger partial charge in [-0.1, -0.05) is 20.8 Å². The molecule has 0 bridgehead atoms. The van der Waals surface area contributed by atoms with Gasteiger partial charge in [0.15, 0.2) is 0 Å². The van der Waals surface area contributed by atoms with Crippen molar-refractivity contribution in [3.63, 3.8) is 0 Å². The first-order chi connectivity index (χ1) is 5.17. The summed E-state index contributed by atoms with van der Waals surface area (Å²) in [5.74, 6) is 0. The summed E-state index contributed by atoms with van der Waals surface area (Å²) in [6, 6.07) is 0.138. The molecule has 0 radical (unpaired) electrons. The zero-order chi connectivity index (χ0) is 9.99. The molecule has 2 N–H and O–H groups in total. The second-order valence-corrected chi connectivity index (χ2v) is 8.53. The maximum Gasteiger partial charge on any atom is 0.0740 e. The van der Waals surface area contributed by atoms with Crippen LogP contribution in [0.25, 0.3) is 0 Å². The Hall–Kier alpha value is 0.270. The lowest BCUT2D eigenvalue weighted by Crippen LogP contribution is -2.29. The molecule has 12 heavy (non-hydrogen) atoms. The second-order valence-electron chi connectivity index (χ2n) is 4.61. The third-order valence-corrected chi connectivity index (χ3v) is 5.78. The smallest absolute Gasteiger partial charge is 0.0740 e. The van der Waals surface area contributed by atoms with Crippen molar-refractivity contribution >= 4 is 10.3 Å². The van der Waals surface area contributed by atoms with Gasteiger partial charge in [0.05, 0.1) is 6.61 Å². The fourth-order valence-electron chi connectivity index (χ4n) is 0.454. The van der Waals surface area contributed by atoms with Gasteiger partial charge >= 0.3 is 0 Å². The van der Waals surface area contributed by atoms with Crippen molar-refractivity contribution in [1.29, 1.82) is 0 Å². The molecule has 0 aliphatic heterocycles.